The van der Waals surface area contributed by atoms with Crippen molar-refractivity contribution >= 4 is 57.4 Å². The Morgan fingerprint density at radius 3 is 1.68 bits per heavy atom. The molecule has 248 valence electrons. The van der Waals surface area contributed by atoms with Crippen molar-refractivity contribution in [2.45, 2.75) is 62.7 Å². The van der Waals surface area contributed by atoms with E-state index in [0.29, 0.717) is 11.1 Å². The zero-order valence-electron chi connectivity index (χ0n) is 25.3. The van der Waals surface area contributed by atoms with E-state index in [1.165, 1.54) is 0 Å². The Balaban J connectivity index is 1.55. The number of nitrogens with one attached hydrogen (secondary N) is 5. The smallest absolute Gasteiger partial charge is 0.326 e. The van der Waals surface area contributed by atoms with Gasteiger partial charge in [0.2, 0.25) is 23.6 Å². The van der Waals surface area contributed by atoms with Gasteiger partial charge in [-0.2, -0.15) is 0 Å². The quantitative estimate of drug-likeness (QED) is 0.0768. The number of H-pyrrole nitrogens is 2. The molecule has 0 saturated carbocycles. The van der Waals surface area contributed by atoms with Gasteiger partial charge in [0, 0.05) is 59.9 Å². The molecular formula is C32H37N7O8. The van der Waals surface area contributed by atoms with Crippen molar-refractivity contribution in [2.24, 2.45) is 11.5 Å². The third-order valence-corrected chi connectivity index (χ3v) is 7.76. The van der Waals surface area contributed by atoms with Crippen molar-refractivity contribution in [3.05, 3.63) is 72.1 Å². The van der Waals surface area contributed by atoms with Gasteiger partial charge in [-0.25, -0.2) is 4.79 Å². The number of primary amides is 1. The Labute approximate surface area is 268 Å². The van der Waals surface area contributed by atoms with Crippen LogP contribution in [0.5, 0.6) is 0 Å². The van der Waals surface area contributed by atoms with E-state index in [2.05, 4.69) is 25.9 Å². The predicted octanol–water partition coefficient (Wildman–Crippen LogP) is 0.431. The summed E-state index contributed by atoms with van der Waals surface area (Å²) < 4.78 is 0. The summed E-state index contributed by atoms with van der Waals surface area (Å²) in [6.07, 6.45) is 2.06. The first-order valence-corrected chi connectivity index (χ1v) is 14.9. The molecule has 2 aromatic carbocycles. The maximum Gasteiger partial charge on any atom is 0.326 e. The average Bonchev–Trinajstić information content (AvgIpc) is 3.64. The molecule has 15 nitrogen and oxygen atoms in total. The molecule has 0 fully saturated rings. The van der Waals surface area contributed by atoms with Crippen LogP contribution in [0.2, 0.25) is 0 Å². The number of rotatable bonds is 17. The molecule has 0 bridgehead atoms. The maximum atomic E-state index is 13.7. The SMILES string of the molecule is NC(=O)CCC(N)C(=O)NC(Cc1c[nH]c2ccccc12)C(=O)NC(CCC(=O)O)C(=O)NC(Cc1c[nH]c2ccccc12)C(=O)O. The van der Waals surface area contributed by atoms with Gasteiger partial charge in [-0.3, -0.25) is 24.0 Å². The largest absolute Gasteiger partial charge is 0.481 e. The van der Waals surface area contributed by atoms with Crippen LogP contribution in [0.15, 0.2) is 60.9 Å². The Morgan fingerprint density at radius 1 is 0.660 bits per heavy atom. The van der Waals surface area contributed by atoms with Gasteiger partial charge in [0.05, 0.1) is 6.04 Å². The van der Waals surface area contributed by atoms with E-state index in [1.807, 2.05) is 30.3 Å². The van der Waals surface area contributed by atoms with E-state index in [-0.39, 0.29) is 32.1 Å². The van der Waals surface area contributed by atoms with Gasteiger partial charge in [0.15, 0.2) is 0 Å². The van der Waals surface area contributed by atoms with Gasteiger partial charge < -0.3 is 47.6 Å². The lowest BCUT2D eigenvalue weighted by molar-refractivity contribution is -0.143. The molecule has 15 heteroatoms. The molecule has 2 aromatic heterocycles. The monoisotopic (exact) mass is 647 g/mol. The molecular weight excluding hydrogens is 610 g/mol. The topological polar surface area (TPSA) is 263 Å². The lowest BCUT2D eigenvalue weighted by Gasteiger charge is -2.25. The van der Waals surface area contributed by atoms with E-state index < -0.39 is 66.2 Å². The standard InChI is InChI=1S/C32H37N7O8/c33-21(9-11-27(34)40)29(43)38-25(13-17-15-35-22-7-3-1-5-19(17)22)31(45)37-24(10-12-28(41)42)30(44)39-26(32(46)47)14-18-16-36-23-8-4-2-6-20(18)23/h1-8,15-16,21,24-26,35-36H,9-14,33H2,(H2,34,40)(H,37,45)(H,38,43)(H,39,44)(H,41,42)(H,46,47). The first kappa shape index (κ1) is 34.2. The van der Waals surface area contributed by atoms with Gasteiger partial charge >= 0.3 is 11.9 Å². The molecule has 4 amide bonds. The molecule has 0 spiro atoms. The van der Waals surface area contributed by atoms with Crippen LogP contribution in [0.4, 0.5) is 0 Å². The number of hydrogen-bond donors (Lipinski definition) is 9. The van der Waals surface area contributed by atoms with E-state index in [4.69, 9.17) is 11.5 Å². The second-order valence-corrected chi connectivity index (χ2v) is 11.2. The number of aromatic amines is 2. The minimum absolute atomic E-state index is 0.0459. The number of carboxylic acid groups (broad SMARTS) is 2. The summed E-state index contributed by atoms with van der Waals surface area (Å²) in [5.74, 6) is -5.72. The van der Waals surface area contributed by atoms with Gasteiger partial charge in [-0.15, -0.1) is 0 Å². The first-order valence-electron chi connectivity index (χ1n) is 14.9. The Hall–Kier alpha value is -5.70. The Bertz CT molecular complexity index is 1780. The zero-order chi connectivity index (χ0) is 34.1. The fourth-order valence-electron chi connectivity index (χ4n) is 5.24. The summed E-state index contributed by atoms with van der Waals surface area (Å²) in [6.45, 7) is 0. The van der Waals surface area contributed by atoms with Crippen LogP contribution < -0.4 is 27.4 Å². The van der Waals surface area contributed by atoms with Crippen molar-refractivity contribution in [3.63, 3.8) is 0 Å². The van der Waals surface area contributed by atoms with Crippen molar-refractivity contribution in [1.82, 2.24) is 25.9 Å². The lowest BCUT2D eigenvalue weighted by Crippen LogP contribution is -2.57. The van der Waals surface area contributed by atoms with Crippen molar-refractivity contribution in [1.29, 1.82) is 0 Å². The number of carbonyl (C=O) groups excluding carboxylic acids is 4. The van der Waals surface area contributed by atoms with Crippen LogP contribution in [0.1, 0.15) is 36.8 Å². The molecule has 0 saturated heterocycles. The van der Waals surface area contributed by atoms with Gasteiger partial charge in [-0.05, 0) is 36.1 Å². The van der Waals surface area contributed by atoms with E-state index >= 15 is 0 Å². The van der Waals surface area contributed by atoms with Crippen LogP contribution >= 0.6 is 0 Å². The number of carboxylic acids is 2. The number of nitrogens with two attached hydrogens (primary N) is 2. The number of hydrogen-bond acceptors (Lipinski definition) is 7. The first-order chi connectivity index (χ1) is 22.4. The second kappa shape index (κ2) is 15.5. The highest BCUT2D eigenvalue weighted by Crippen LogP contribution is 2.21. The number of amides is 4. The predicted molar refractivity (Wildman–Crippen MR) is 171 cm³/mol. The molecule has 4 atom stereocenters. The minimum Gasteiger partial charge on any atom is -0.481 e. The summed E-state index contributed by atoms with van der Waals surface area (Å²) in [6, 6.07) is 9.17. The average molecular weight is 648 g/mol. The zero-order valence-corrected chi connectivity index (χ0v) is 25.3. The molecule has 0 aliphatic carbocycles. The number of fused-ring (bicyclic) bond motifs is 2. The number of para-hydroxylation sites is 2. The van der Waals surface area contributed by atoms with Crippen LogP contribution in [-0.4, -0.2) is 79.9 Å². The number of carbonyl (C=O) groups is 6. The number of benzene rings is 2. The highest BCUT2D eigenvalue weighted by Gasteiger charge is 2.31. The summed E-state index contributed by atoms with van der Waals surface area (Å²) in [4.78, 5) is 81.1. The summed E-state index contributed by atoms with van der Waals surface area (Å²) in [5, 5.41) is 28.3. The molecule has 4 rings (SSSR count). The van der Waals surface area contributed by atoms with Gasteiger partial charge in [0.1, 0.15) is 18.1 Å². The fraction of sp³-hybridized carbons (Fsp3) is 0.312. The molecule has 2 heterocycles. The molecule has 47 heavy (non-hydrogen) atoms. The van der Waals surface area contributed by atoms with E-state index in [0.717, 1.165) is 21.8 Å². The highest BCUT2D eigenvalue weighted by molar-refractivity contribution is 5.95. The fourth-order valence-corrected chi connectivity index (χ4v) is 5.24. The molecule has 11 N–H and O–H groups in total. The summed E-state index contributed by atoms with van der Waals surface area (Å²) >= 11 is 0. The van der Waals surface area contributed by atoms with Crippen molar-refractivity contribution in [2.75, 3.05) is 0 Å². The molecule has 4 aromatic rings. The van der Waals surface area contributed by atoms with Gasteiger partial charge in [-0.1, -0.05) is 36.4 Å². The highest BCUT2D eigenvalue weighted by atomic mass is 16.4. The van der Waals surface area contributed by atoms with Crippen molar-refractivity contribution in [3.8, 4) is 0 Å². The maximum absolute atomic E-state index is 13.7. The second-order valence-electron chi connectivity index (χ2n) is 11.2. The summed E-state index contributed by atoms with van der Waals surface area (Å²) in [7, 11) is 0. The molecule has 0 aliphatic heterocycles. The van der Waals surface area contributed by atoms with Crippen LogP contribution in [0.25, 0.3) is 21.8 Å². The molecule has 4 unspecified atom stereocenters. The minimum atomic E-state index is -1.46. The Kier molecular flexibility index (Phi) is 11.3. The third-order valence-electron chi connectivity index (χ3n) is 7.76. The van der Waals surface area contributed by atoms with Gasteiger partial charge in [0.25, 0.3) is 0 Å². The lowest BCUT2D eigenvalue weighted by atomic mass is 10.0. The summed E-state index contributed by atoms with van der Waals surface area (Å²) in [5.41, 5.74) is 14.0. The van der Waals surface area contributed by atoms with Crippen molar-refractivity contribution < 1.29 is 39.0 Å². The van der Waals surface area contributed by atoms with Crippen LogP contribution in [0.3, 0.4) is 0 Å². The Morgan fingerprint density at radius 2 is 1.15 bits per heavy atom. The third kappa shape index (κ3) is 9.17. The van der Waals surface area contributed by atoms with Crippen LogP contribution in [-0.2, 0) is 41.6 Å². The normalized spacial score (nSPS) is 13.7. The number of aromatic nitrogens is 2. The molecule has 0 aliphatic rings. The molecule has 0 radical (unpaired) electrons. The number of aliphatic carboxylic acids is 2. The van der Waals surface area contributed by atoms with E-state index in [9.17, 15) is 39.0 Å². The van der Waals surface area contributed by atoms with E-state index in [1.54, 1.807) is 30.6 Å². The van der Waals surface area contributed by atoms with Crippen LogP contribution in [0, 0.1) is 0 Å².